The molecule has 0 spiro atoms. The van der Waals surface area contributed by atoms with E-state index in [-0.39, 0.29) is 18.1 Å². The monoisotopic (exact) mass is 416 g/mol. The predicted molar refractivity (Wildman–Crippen MR) is 126 cm³/mol. The van der Waals surface area contributed by atoms with Crippen LogP contribution >= 0.6 is 0 Å². The second-order valence-corrected chi connectivity index (χ2v) is 7.90. The summed E-state index contributed by atoms with van der Waals surface area (Å²) in [7, 11) is 0. The number of rotatable bonds is 6. The molecular formula is C26H32N4O. The van der Waals surface area contributed by atoms with Crippen LogP contribution in [0.4, 0.5) is 0 Å². The van der Waals surface area contributed by atoms with Crippen LogP contribution in [0.5, 0.6) is 0 Å². The summed E-state index contributed by atoms with van der Waals surface area (Å²) in [5.41, 5.74) is 7.92. The molecule has 31 heavy (non-hydrogen) atoms. The van der Waals surface area contributed by atoms with Crippen LogP contribution in [0.3, 0.4) is 0 Å². The molecule has 1 fully saturated rings. The molecular weight excluding hydrogens is 384 g/mol. The summed E-state index contributed by atoms with van der Waals surface area (Å²) in [5.74, 6) is -0.219. The predicted octanol–water partition coefficient (Wildman–Crippen LogP) is 3.72. The van der Waals surface area contributed by atoms with E-state index < -0.39 is 0 Å². The molecule has 1 saturated heterocycles. The Morgan fingerprint density at radius 1 is 0.742 bits per heavy atom. The molecule has 0 aromatic heterocycles. The van der Waals surface area contributed by atoms with Gasteiger partial charge in [0.2, 0.25) is 5.91 Å². The largest absolute Gasteiger partial charge is 0.370 e. The summed E-state index contributed by atoms with van der Waals surface area (Å²) in [6.07, 6.45) is 0.445. The zero-order valence-corrected chi connectivity index (χ0v) is 18.0. The number of amides is 1. The van der Waals surface area contributed by atoms with Gasteiger partial charge in [-0.15, -0.1) is 0 Å². The van der Waals surface area contributed by atoms with Crippen molar-refractivity contribution in [1.29, 1.82) is 0 Å². The summed E-state index contributed by atoms with van der Waals surface area (Å²) in [5, 5.41) is 2.85. The minimum absolute atomic E-state index is 0. The third-order valence-electron chi connectivity index (χ3n) is 5.90. The zero-order chi connectivity index (χ0) is 20.8. The average molecular weight is 417 g/mol. The van der Waals surface area contributed by atoms with Gasteiger partial charge in [0.05, 0.1) is 6.04 Å². The number of nitrogens with two attached hydrogens (primary N) is 1. The smallest absolute Gasteiger partial charge is 0.218 e. The molecule has 2 aliphatic carbocycles. The molecule has 0 radical (unpaired) electrons. The highest BCUT2D eigenvalue weighted by molar-refractivity contribution is 5.73. The number of piperazine rings is 1. The van der Waals surface area contributed by atoms with Crippen molar-refractivity contribution in [2.75, 3.05) is 32.7 Å². The van der Waals surface area contributed by atoms with Crippen LogP contribution in [0.15, 0.2) is 84.9 Å². The average Bonchev–Trinajstić information content (AvgIpc) is 2.78. The third kappa shape index (κ3) is 5.79. The molecule has 0 bridgehead atoms. The third-order valence-corrected chi connectivity index (χ3v) is 5.90. The van der Waals surface area contributed by atoms with Gasteiger partial charge < -0.3 is 16.8 Å². The van der Waals surface area contributed by atoms with Crippen LogP contribution in [-0.4, -0.2) is 48.4 Å². The first-order valence-electron chi connectivity index (χ1n) is 10.7. The number of nitrogens with zero attached hydrogens (tertiary/aromatic N) is 2. The van der Waals surface area contributed by atoms with Crippen LogP contribution in [0, 0.1) is 10.4 Å². The first-order chi connectivity index (χ1) is 14.7. The standard InChI is InChI=1S/C20H25N3O.C6H4.H3N/c21-19(24)11-12-22-13-15-23(16-14-22)20(17-7-3-1-4-8-17)18-9-5-2-6-10-18;1-2-6-4-3-5(1)6;/h1-10,20H,11-16H2,(H2,21,24);1-4H;1H3. The van der Waals surface area contributed by atoms with Gasteiger partial charge in [0, 0.05) is 39.1 Å². The topological polar surface area (TPSA) is 84.6 Å². The molecule has 1 aliphatic heterocycles. The van der Waals surface area contributed by atoms with E-state index in [0.29, 0.717) is 6.42 Å². The minimum atomic E-state index is -0.219. The molecule has 1 heterocycles. The van der Waals surface area contributed by atoms with Crippen molar-refractivity contribution in [3.8, 4) is 0 Å². The highest BCUT2D eigenvalue weighted by Gasteiger charge is 2.26. The molecule has 5 N–H and O–H groups in total. The Balaban J connectivity index is 0.000000330. The Bertz CT molecular complexity index is 958. The summed E-state index contributed by atoms with van der Waals surface area (Å²) >= 11 is 0. The molecule has 2 aromatic carbocycles. The molecule has 5 nitrogen and oxygen atoms in total. The van der Waals surface area contributed by atoms with Crippen molar-refractivity contribution in [2.45, 2.75) is 12.5 Å². The molecule has 3 aliphatic rings. The van der Waals surface area contributed by atoms with E-state index in [4.69, 9.17) is 5.73 Å². The molecule has 1 amide bonds. The minimum Gasteiger partial charge on any atom is -0.370 e. The molecule has 162 valence electrons. The lowest BCUT2D eigenvalue weighted by Gasteiger charge is -2.39. The lowest BCUT2D eigenvalue weighted by atomic mass is 9.96. The van der Waals surface area contributed by atoms with Crippen molar-refractivity contribution in [1.82, 2.24) is 16.0 Å². The first-order valence-corrected chi connectivity index (χ1v) is 10.7. The maximum atomic E-state index is 11.0. The summed E-state index contributed by atoms with van der Waals surface area (Å²) in [4.78, 5) is 15.8. The van der Waals surface area contributed by atoms with Crippen molar-refractivity contribution in [2.24, 2.45) is 5.73 Å². The lowest BCUT2D eigenvalue weighted by Crippen LogP contribution is -2.48. The Labute approximate surface area is 184 Å². The van der Waals surface area contributed by atoms with Gasteiger partial charge in [0.25, 0.3) is 0 Å². The van der Waals surface area contributed by atoms with Crippen LogP contribution < -0.4 is 11.9 Å². The fourth-order valence-corrected chi connectivity index (χ4v) is 4.06. The quantitative estimate of drug-likeness (QED) is 0.502. The zero-order valence-electron chi connectivity index (χ0n) is 18.0. The number of benzene rings is 3. The Morgan fingerprint density at radius 3 is 1.55 bits per heavy atom. The van der Waals surface area contributed by atoms with Crippen LogP contribution in [0.25, 0.3) is 0 Å². The van der Waals surface area contributed by atoms with E-state index in [9.17, 15) is 4.79 Å². The molecule has 2 aromatic rings. The molecule has 0 saturated carbocycles. The molecule has 5 heteroatoms. The summed E-state index contributed by atoms with van der Waals surface area (Å²) in [6.45, 7) is 4.71. The molecule has 0 atom stereocenters. The summed E-state index contributed by atoms with van der Waals surface area (Å²) < 4.78 is 0. The van der Waals surface area contributed by atoms with E-state index in [0.717, 1.165) is 32.7 Å². The lowest BCUT2D eigenvalue weighted by molar-refractivity contribution is -0.118. The normalized spacial score (nSPS) is 14.9. The van der Waals surface area contributed by atoms with Gasteiger partial charge in [0.1, 0.15) is 0 Å². The van der Waals surface area contributed by atoms with Crippen molar-refractivity contribution < 1.29 is 4.79 Å². The molecule has 5 rings (SSSR count). The van der Waals surface area contributed by atoms with Crippen LogP contribution in [0.1, 0.15) is 23.6 Å². The molecule has 0 unspecified atom stereocenters. The van der Waals surface area contributed by atoms with E-state index in [2.05, 4.69) is 94.7 Å². The highest BCUT2D eigenvalue weighted by Crippen LogP contribution is 2.29. The Kier molecular flexibility index (Phi) is 7.95. The van der Waals surface area contributed by atoms with Gasteiger partial charge in [-0.3, -0.25) is 9.69 Å². The van der Waals surface area contributed by atoms with E-state index in [1.54, 1.807) is 0 Å². The van der Waals surface area contributed by atoms with Crippen molar-refractivity contribution in [3.05, 3.63) is 106 Å². The number of hydrogen-bond donors (Lipinski definition) is 2. The van der Waals surface area contributed by atoms with Gasteiger partial charge in [-0.1, -0.05) is 84.9 Å². The van der Waals surface area contributed by atoms with Crippen molar-refractivity contribution in [3.63, 3.8) is 0 Å². The highest BCUT2D eigenvalue weighted by atomic mass is 16.1. The maximum absolute atomic E-state index is 11.0. The fourth-order valence-electron chi connectivity index (χ4n) is 4.06. The Morgan fingerprint density at radius 2 is 1.19 bits per heavy atom. The van der Waals surface area contributed by atoms with Gasteiger partial charge in [0.15, 0.2) is 0 Å². The van der Waals surface area contributed by atoms with E-state index >= 15 is 0 Å². The second-order valence-electron chi connectivity index (χ2n) is 7.90. The fraction of sp³-hybridized carbons (Fsp3) is 0.269. The maximum Gasteiger partial charge on any atom is 0.218 e. The SMILES string of the molecule is N.NC(=O)CCN1CCN(C(c2ccccc2)c2ccccc2)CC1.c1cc2ccc1=2. The van der Waals surface area contributed by atoms with E-state index in [1.807, 2.05) is 0 Å². The number of hydrogen-bond acceptors (Lipinski definition) is 4. The van der Waals surface area contributed by atoms with Crippen molar-refractivity contribution >= 4 is 5.91 Å². The number of primary amides is 1. The Hall–Kier alpha value is -2.99. The van der Waals surface area contributed by atoms with Gasteiger partial charge >= 0.3 is 0 Å². The first kappa shape index (κ1) is 22.7. The van der Waals surface area contributed by atoms with Gasteiger partial charge in [-0.05, 0) is 21.6 Å². The van der Waals surface area contributed by atoms with Gasteiger partial charge in [-0.25, -0.2) is 0 Å². The number of carbonyl (C=O) groups is 1. The number of carbonyl (C=O) groups excluding carboxylic acids is 1. The second kappa shape index (κ2) is 10.9. The van der Waals surface area contributed by atoms with Crippen LogP contribution in [0.2, 0.25) is 0 Å². The van der Waals surface area contributed by atoms with Gasteiger partial charge in [-0.2, -0.15) is 0 Å². The van der Waals surface area contributed by atoms with Crippen LogP contribution in [-0.2, 0) is 4.79 Å². The summed E-state index contributed by atoms with van der Waals surface area (Å²) in [6, 6.07) is 30.1. The van der Waals surface area contributed by atoms with E-state index in [1.165, 1.54) is 21.6 Å².